The molecular formula is C29H37P. The van der Waals surface area contributed by atoms with Gasteiger partial charge in [-0.15, -0.1) is 0 Å². The van der Waals surface area contributed by atoms with Gasteiger partial charge in [-0.05, 0) is 0 Å². The minimum absolute atomic E-state index is 0.459. The van der Waals surface area contributed by atoms with E-state index < -0.39 is 6.60 Å². The van der Waals surface area contributed by atoms with Gasteiger partial charge >= 0.3 is 183 Å². The summed E-state index contributed by atoms with van der Waals surface area (Å²) in [5, 5.41) is 2.42. The molecule has 5 aliphatic rings. The SMILES string of the molecule is c1ccc2c(c1)C1CCCP3(C4CCCCC4)(C4CCCCC4)c4ccccc4C213. The Bertz CT molecular complexity index is 975. The normalized spacial score (nSPS) is 35.2. The first-order valence-electron chi connectivity index (χ1n) is 13.1. The molecule has 0 bridgehead atoms. The monoisotopic (exact) mass is 416 g/mol. The molecule has 2 saturated carbocycles. The van der Waals surface area contributed by atoms with E-state index >= 15 is 0 Å². The van der Waals surface area contributed by atoms with Crippen molar-refractivity contribution in [2.75, 3.05) is 6.16 Å². The summed E-state index contributed by atoms with van der Waals surface area (Å²) in [6, 6.07) is 19.8. The second-order valence-corrected chi connectivity index (χ2v) is 17.3. The zero-order valence-corrected chi connectivity index (χ0v) is 19.4. The maximum atomic E-state index is 2.67. The van der Waals surface area contributed by atoms with Crippen molar-refractivity contribution in [2.45, 2.75) is 99.4 Å². The molecule has 3 fully saturated rings. The molecule has 0 amide bonds. The number of benzene rings is 2. The molecule has 2 aliphatic heterocycles. The van der Waals surface area contributed by atoms with Crippen LogP contribution in [0.3, 0.4) is 0 Å². The Morgan fingerprint density at radius 1 is 0.600 bits per heavy atom. The molecule has 30 heavy (non-hydrogen) atoms. The Morgan fingerprint density at radius 3 is 1.90 bits per heavy atom. The first-order valence-corrected chi connectivity index (χ1v) is 15.6. The zero-order valence-electron chi connectivity index (χ0n) is 18.5. The Morgan fingerprint density at radius 2 is 1.20 bits per heavy atom. The molecule has 0 aromatic heterocycles. The van der Waals surface area contributed by atoms with E-state index in [1.807, 2.05) is 16.4 Å². The van der Waals surface area contributed by atoms with Gasteiger partial charge in [0.25, 0.3) is 0 Å². The van der Waals surface area contributed by atoms with Crippen molar-refractivity contribution >= 4 is 11.9 Å². The fourth-order valence-corrected chi connectivity index (χ4v) is 22.2. The minimum atomic E-state index is -2.10. The molecule has 2 atom stereocenters. The molecule has 1 spiro atoms. The molecule has 2 unspecified atom stereocenters. The number of fused-ring (bicyclic) bond motifs is 4. The van der Waals surface area contributed by atoms with E-state index in [1.165, 1.54) is 51.4 Å². The third kappa shape index (κ3) is 1.70. The van der Waals surface area contributed by atoms with E-state index in [4.69, 9.17) is 0 Å². The number of hydrogen-bond donors (Lipinski definition) is 0. The van der Waals surface area contributed by atoms with Crippen LogP contribution in [0.15, 0.2) is 48.5 Å². The summed E-state index contributed by atoms with van der Waals surface area (Å²) < 4.78 is 0. The van der Waals surface area contributed by atoms with E-state index in [2.05, 4.69) is 48.5 Å². The standard InChI is InChI=1S/C29H37P/c1-3-12-22(13-4-1)30(23-14-5-2-6-15-23)21-11-19-26-24-16-7-8-17-25(24)29(26,30)27-18-9-10-20-28(27)30/h7-10,16-18,20,22-23,26H,1-6,11-15,19,21H2. The zero-order chi connectivity index (χ0) is 19.8. The van der Waals surface area contributed by atoms with Crippen LogP contribution in [0.1, 0.15) is 99.7 Å². The molecule has 158 valence electrons. The van der Waals surface area contributed by atoms with Crippen molar-refractivity contribution in [2.24, 2.45) is 0 Å². The summed E-state index contributed by atoms with van der Waals surface area (Å²) in [6.07, 6.45) is 19.7. The van der Waals surface area contributed by atoms with Gasteiger partial charge in [-0.2, -0.15) is 0 Å². The quantitative estimate of drug-likeness (QED) is 0.440. The Hall–Kier alpha value is -1.13. The van der Waals surface area contributed by atoms with Crippen LogP contribution in [0.25, 0.3) is 0 Å². The van der Waals surface area contributed by atoms with Crippen molar-refractivity contribution < 1.29 is 0 Å². The van der Waals surface area contributed by atoms with Crippen molar-refractivity contribution in [1.82, 2.24) is 0 Å². The second kappa shape index (κ2) is 6.22. The molecule has 0 nitrogen and oxygen atoms in total. The molecule has 2 aromatic carbocycles. The van der Waals surface area contributed by atoms with E-state index in [9.17, 15) is 0 Å². The van der Waals surface area contributed by atoms with Crippen molar-refractivity contribution in [1.29, 1.82) is 0 Å². The maximum absolute atomic E-state index is 2.67. The molecule has 7 rings (SSSR count). The molecule has 3 aliphatic carbocycles. The van der Waals surface area contributed by atoms with Gasteiger partial charge in [0, 0.05) is 0 Å². The summed E-state index contributed by atoms with van der Waals surface area (Å²) in [5.74, 6) is 0.832. The van der Waals surface area contributed by atoms with E-state index in [-0.39, 0.29) is 0 Å². The van der Waals surface area contributed by atoms with Gasteiger partial charge in [0.05, 0.1) is 0 Å². The first-order chi connectivity index (χ1) is 14.9. The van der Waals surface area contributed by atoms with Gasteiger partial charge in [0.2, 0.25) is 0 Å². The van der Waals surface area contributed by atoms with Crippen LogP contribution in [-0.4, -0.2) is 17.5 Å². The number of rotatable bonds is 2. The van der Waals surface area contributed by atoms with Gasteiger partial charge < -0.3 is 0 Å². The van der Waals surface area contributed by atoms with Crippen LogP contribution >= 0.6 is 6.60 Å². The predicted octanol–water partition coefficient (Wildman–Crippen LogP) is 7.68. The fraction of sp³-hybridized carbons (Fsp3) is 0.586. The molecule has 0 radical (unpaired) electrons. The average Bonchev–Trinajstić information content (AvgIpc) is 2.81. The summed E-state index contributed by atoms with van der Waals surface area (Å²) in [5.41, 5.74) is 7.41. The Balaban J connectivity index is 1.59. The molecule has 2 aromatic rings. The predicted molar refractivity (Wildman–Crippen MR) is 131 cm³/mol. The third-order valence-electron chi connectivity index (χ3n) is 10.9. The molecule has 1 heteroatoms. The summed E-state index contributed by atoms with van der Waals surface area (Å²) in [6.45, 7) is -2.10. The van der Waals surface area contributed by atoms with Crippen LogP contribution in [0.2, 0.25) is 0 Å². The van der Waals surface area contributed by atoms with Crippen molar-refractivity contribution in [3.8, 4) is 0 Å². The summed E-state index contributed by atoms with van der Waals surface area (Å²) in [4.78, 5) is 0. The van der Waals surface area contributed by atoms with Crippen LogP contribution in [0.4, 0.5) is 0 Å². The van der Waals surface area contributed by atoms with Crippen molar-refractivity contribution in [3.63, 3.8) is 0 Å². The second-order valence-electron chi connectivity index (χ2n) is 11.3. The van der Waals surface area contributed by atoms with Crippen LogP contribution < -0.4 is 5.30 Å². The third-order valence-corrected chi connectivity index (χ3v) is 20.6. The number of hydrogen-bond acceptors (Lipinski definition) is 0. The first kappa shape index (κ1) is 18.4. The molecule has 2 heterocycles. The van der Waals surface area contributed by atoms with Gasteiger partial charge in [-0.3, -0.25) is 0 Å². The molecule has 1 saturated heterocycles. The molecular weight excluding hydrogens is 379 g/mol. The van der Waals surface area contributed by atoms with Crippen molar-refractivity contribution in [3.05, 3.63) is 65.2 Å². The van der Waals surface area contributed by atoms with E-state index in [1.54, 1.807) is 37.4 Å². The Labute approximate surface area is 182 Å². The fourth-order valence-electron chi connectivity index (χ4n) is 10.4. The Kier molecular flexibility index (Phi) is 3.82. The average molecular weight is 417 g/mol. The van der Waals surface area contributed by atoms with E-state index in [0.29, 0.717) is 5.16 Å². The summed E-state index contributed by atoms with van der Waals surface area (Å²) >= 11 is 0. The summed E-state index contributed by atoms with van der Waals surface area (Å²) in [7, 11) is 0. The topological polar surface area (TPSA) is 0 Å². The van der Waals surface area contributed by atoms with Gasteiger partial charge in [-0.25, -0.2) is 0 Å². The van der Waals surface area contributed by atoms with Gasteiger partial charge in [-0.1, -0.05) is 0 Å². The van der Waals surface area contributed by atoms with Crippen LogP contribution in [0, 0.1) is 0 Å². The van der Waals surface area contributed by atoms with Crippen LogP contribution in [0.5, 0.6) is 0 Å². The van der Waals surface area contributed by atoms with Crippen LogP contribution in [-0.2, 0) is 5.16 Å². The van der Waals surface area contributed by atoms with Gasteiger partial charge in [0.1, 0.15) is 0 Å². The van der Waals surface area contributed by atoms with Gasteiger partial charge in [0.15, 0.2) is 0 Å². The molecule has 0 N–H and O–H groups in total. The van der Waals surface area contributed by atoms with E-state index in [0.717, 1.165) is 17.2 Å².